The highest BCUT2D eigenvalue weighted by Gasteiger charge is 2.18. The Balaban J connectivity index is 2.10. The molecule has 3 nitrogen and oxygen atoms in total. The second kappa shape index (κ2) is 5.52. The summed E-state index contributed by atoms with van der Waals surface area (Å²) in [7, 11) is 0. The zero-order chi connectivity index (χ0) is 12.3. The highest BCUT2D eigenvalue weighted by Crippen LogP contribution is 2.23. The number of nitriles is 1. The predicted molar refractivity (Wildman–Crippen MR) is 73.0 cm³/mol. The van der Waals surface area contributed by atoms with Gasteiger partial charge in [-0.1, -0.05) is 15.9 Å². The Morgan fingerprint density at radius 3 is 3.06 bits per heavy atom. The van der Waals surface area contributed by atoms with Crippen molar-refractivity contribution in [3.8, 4) is 6.07 Å². The first-order valence-corrected chi connectivity index (χ1v) is 6.68. The molecule has 0 bridgehead atoms. The van der Waals surface area contributed by atoms with Crippen LogP contribution in [0.5, 0.6) is 0 Å². The van der Waals surface area contributed by atoms with E-state index in [1.165, 1.54) is 0 Å². The van der Waals surface area contributed by atoms with Crippen molar-refractivity contribution < 1.29 is 0 Å². The van der Waals surface area contributed by atoms with Crippen LogP contribution in [0, 0.1) is 11.3 Å². The van der Waals surface area contributed by atoms with Crippen LogP contribution < -0.4 is 10.6 Å². The van der Waals surface area contributed by atoms with E-state index in [0.717, 1.165) is 29.5 Å². The van der Waals surface area contributed by atoms with E-state index in [1.54, 1.807) is 0 Å². The summed E-state index contributed by atoms with van der Waals surface area (Å²) in [6.45, 7) is 3.23. The fourth-order valence-corrected chi connectivity index (χ4v) is 2.58. The summed E-state index contributed by atoms with van der Waals surface area (Å²) >= 11 is 3.38. The molecule has 90 valence electrons. The van der Waals surface area contributed by atoms with Crippen molar-refractivity contribution in [2.45, 2.75) is 31.8 Å². The Morgan fingerprint density at radius 1 is 1.53 bits per heavy atom. The zero-order valence-electron chi connectivity index (χ0n) is 9.83. The number of benzene rings is 1. The molecule has 17 heavy (non-hydrogen) atoms. The minimum atomic E-state index is 0.458. The van der Waals surface area contributed by atoms with E-state index in [4.69, 9.17) is 5.26 Å². The van der Waals surface area contributed by atoms with Crippen LogP contribution in [0.15, 0.2) is 22.7 Å². The third-order valence-electron chi connectivity index (χ3n) is 3.09. The van der Waals surface area contributed by atoms with Crippen molar-refractivity contribution in [2.24, 2.45) is 0 Å². The van der Waals surface area contributed by atoms with Gasteiger partial charge in [-0.25, -0.2) is 0 Å². The quantitative estimate of drug-likeness (QED) is 0.881. The van der Waals surface area contributed by atoms with Crippen molar-refractivity contribution in [1.29, 1.82) is 5.26 Å². The molecule has 1 aliphatic rings. The highest BCUT2D eigenvalue weighted by atomic mass is 79.9. The Kier molecular flexibility index (Phi) is 4.03. The Hall–Kier alpha value is -1.05. The number of hydrogen-bond acceptors (Lipinski definition) is 3. The number of halogens is 1. The van der Waals surface area contributed by atoms with E-state index in [9.17, 15) is 0 Å². The van der Waals surface area contributed by atoms with Crippen molar-refractivity contribution in [3.63, 3.8) is 0 Å². The van der Waals surface area contributed by atoms with Crippen molar-refractivity contribution in [3.05, 3.63) is 28.2 Å². The lowest BCUT2D eigenvalue weighted by atomic mass is 10.00. The molecule has 2 rings (SSSR count). The number of piperidine rings is 1. The molecule has 1 heterocycles. The van der Waals surface area contributed by atoms with Crippen LogP contribution in [0.2, 0.25) is 0 Å². The summed E-state index contributed by atoms with van der Waals surface area (Å²) in [4.78, 5) is 0. The monoisotopic (exact) mass is 293 g/mol. The summed E-state index contributed by atoms with van der Waals surface area (Å²) in [5.41, 5.74) is 1.64. The molecule has 2 unspecified atom stereocenters. The van der Waals surface area contributed by atoms with Gasteiger partial charge in [0.25, 0.3) is 0 Å². The number of anilines is 1. The normalized spacial score (nSPS) is 24.1. The lowest BCUT2D eigenvalue weighted by molar-refractivity contribution is 0.396. The van der Waals surface area contributed by atoms with Gasteiger partial charge in [-0.3, -0.25) is 0 Å². The van der Waals surface area contributed by atoms with Gasteiger partial charge in [0, 0.05) is 16.6 Å². The Bertz CT molecular complexity index is 439. The summed E-state index contributed by atoms with van der Waals surface area (Å²) in [5.74, 6) is 0. The Morgan fingerprint density at radius 2 is 2.35 bits per heavy atom. The topological polar surface area (TPSA) is 47.9 Å². The van der Waals surface area contributed by atoms with Crippen LogP contribution in [0.4, 0.5) is 5.69 Å². The smallest absolute Gasteiger partial charge is 0.101 e. The Labute approximate surface area is 110 Å². The lowest BCUT2D eigenvalue weighted by Gasteiger charge is -2.29. The summed E-state index contributed by atoms with van der Waals surface area (Å²) in [5, 5.41) is 16.0. The number of nitrogens with zero attached hydrogens (tertiary/aromatic N) is 1. The molecule has 0 aliphatic carbocycles. The van der Waals surface area contributed by atoms with Crippen LogP contribution in [-0.4, -0.2) is 18.6 Å². The van der Waals surface area contributed by atoms with E-state index < -0.39 is 0 Å². The van der Waals surface area contributed by atoms with Gasteiger partial charge in [-0.15, -0.1) is 0 Å². The van der Waals surface area contributed by atoms with E-state index >= 15 is 0 Å². The zero-order valence-corrected chi connectivity index (χ0v) is 11.4. The molecule has 4 heteroatoms. The molecule has 1 aromatic rings. The van der Waals surface area contributed by atoms with Crippen molar-refractivity contribution >= 4 is 21.6 Å². The maximum atomic E-state index is 9.10. The molecule has 1 aliphatic heterocycles. The third-order valence-corrected chi connectivity index (χ3v) is 3.58. The van der Waals surface area contributed by atoms with E-state index in [0.29, 0.717) is 17.6 Å². The van der Waals surface area contributed by atoms with Crippen LogP contribution in [0.1, 0.15) is 25.3 Å². The van der Waals surface area contributed by atoms with Gasteiger partial charge in [-0.2, -0.15) is 5.26 Å². The molecule has 0 radical (unpaired) electrons. The second-order valence-corrected chi connectivity index (χ2v) is 5.44. The van der Waals surface area contributed by atoms with Crippen LogP contribution in [0.3, 0.4) is 0 Å². The van der Waals surface area contributed by atoms with Crippen LogP contribution >= 0.6 is 15.9 Å². The average Bonchev–Trinajstić information content (AvgIpc) is 2.31. The standard InChI is InChI=1S/C13H16BrN3/c1-9-6-12(4-5-16-9)17-13-3-2-11(14)7-10(13)8-15/h2-3,7,9,12,16-17H,4-6H2,1H3. The number of nitrogens with one attached hydrogen (secondary N) is 2. The van der Waals surface area contributed by atoms with Crippen LogP contribution in [-0.2, 0) is 0 Å². The number of hydrogen-bond donors (Lipinski definition) is 2. The fraction of sp³-hybridized carbons (Fsp3) is 0.462. The van der Waals surface area contributed by atoms with Crippen molar-refractivity contribution in [2.75, 3.05) is 11.9 Å². The first-order valence-electron chi connectivity index (χ1n) is 5.88. The van der Waals surface area contributed by atoms with E-state index in [1.807, 2.05) is 18.2 Å². The van der Waals surface area contributed by atoms with E-state index in [-0.39, 0.29) is 0 Å². The average molecular weight is 294 g/mol. The van der Waals surface area contributed by atoms with Gasteiger partial charge in [0.1, 0.15) is 6.07 Å². The summed E-state index contributed by atoms with van der Waals surface area (Å²) in [6.07, 6.45) is 2.20. The first kappa shape index (κ1) is 12.4. The molecular weight excluding hydrogens is 278 g/mol. The lowest BCUT2D eigenvalue weighted by Crippen LogP contribution is -2.41. The summed E-state index contributed by atoms with van der Waals surface area (Å²) in [6, 6.07) is 9.02. The second-order valence-electron chi connectivity index (χ2n) is 4.52. The molecular formula is C13H16BrN3. The maximum Gasteiger partial charge on any atom is 0.101 e. The SMILES string of the molecule is CC1CC(Nc2ccc(Br)cc2C#N)CCN1. The van der Waals surface area contributed by atoms with Crippen molar-refractivity contribution in [1.82, 2.24) is 5.32 Å². The largest absolute Gasteiger partial charge is 0.381 e. The molecule has 0 amide bonds. The van der Waals surface area contributed by atoms with E-state index in [2.05, 4.69) is 39.6 Å². The van der Waals surface area contributed by atoms with Gasteiger partial charge < -0.3 is 10.6 Å². The van der Waals surface area contributed by atoms with Crippen LogP contribution in [0.25, 0.3) is 0 Å². The van der Waals surface area contributed by atoms with Gasteiger partial charge in [0.2, 0.25) is 0 Å². The minimum absolute atomic E-state index is 0.458. The van der Waals surface area contributed by atoms with Gasteiger partial charge >= 0.3 is 0 Å². The van der Waals surface area contributed by atoms with Gasteiger partial charge in [-0.05, 0) is 44.5 Å². The molecule has 0 spiro atoms. The van der Waals surface area contributed by atoms with Gasteiger partial charge in [0.15, 0.2) is 0 Å². The molecule has 2 N–H and O–H groups in total. The molecule has 0 aromatic heterocycles. The highest BCUT2D eigenvalue weighted by molar-refractivity contribution is 9.10. The molecule has 1 fully saturated rings. The molecule has 2 atom stereocenters. The molecule has 1 aromatic carbocycles. The third kappa shape index (κ3) is 3.21. The van der Waals surface area contributed by atoms with Gasteiger partial charge in [0.05, 0.1) is 11.3 Å². The summed E-state index contributed by atoms with van der Waals surface area (Å²) < 4.78 is 0.943. The first-order chi connectivity index (χ1) is 8.19. The fourth-order valence-electron chi connectivity index (χ4n) is 2.22. The minimum Gasteiger partial charge on any atom is -0.381 e. The predicted octanol–water partition coefficient (Wildman–Crippen LogP) is 2.87. The molecule has 0 saturated carbocycles. The maximum absolute atomic E-state index is 9.10. The molecule has 1 saturated heterocycles. The number of rotatable bonds is 2.